The molecular formula is C13H18BF2NO3. The minimum Gasteiger partial charge on any atom is -0.417 e. The summed E-state index contributed by atoms with van der Waals surface area (Å²) in [4.78, 5) is 3.81. The van der Waals surface area contributed by atoms with Crippen LogP contribution in [0.2, 0.25) is 0 Å². The molecule has 1 saturated heterocycles. The summed E-state index contributed by atoms with van der Waals surface area (Å²) >= 11 is 0. The molecule has 1 aliphatic rings. The van der Waals surface area contributed by atoms with Crippen LogP contribution < -0.4 is 10.2 Å². The van der Waals surface area contributed by atoms with Crippen molar-refractivity contribution in [3.8, 4) is 5.88 Å². The molecule has 0 saturated carbocycles. The highest BCUT2D eigenvalue weighted by Crippen LogP contribution is 2.36. The van der Waals surface area contributed by atoms with Crippen molar-refractivity contribution < 1.29 is 22.8 Å². The van der Waals surface area contributed by atoms with Crippen molar-refractivity contribution in [2.75, 3.05) is 0 Å². The lowest BCUT2D eigenvalue weighted by Gasteiger charge is -2.32. The Labute approximate surface area is 117 Å². The highest BCUT2D eigenvalue weighted by atomic mass is 19.3. The Kier molecular flexibility index (Phi) is 3.77. The Balaban J connectivity index is 2.31. The Morgan fingerprint density at radius 2 is 1.75 bits per heavy atom. The molecule has 110 valence electrons. The van der Waals surface area contributed by atoms with Crippen LogP contribution in [0.1, 0.15) is 33.3 Å². The zero-order valence-electron chi connectivity index (χ0n) is 12.2. The van der Waals surface area contributed by atoms with E-state index in [9.17, 15) is 8.78 Å². The molecule has 1 aromatic heterocycles. The number of alkyl halides is 2. The van der Waals surface area contributed by atoms with E-state index >= 15 is 0 Å². The molecule has 0 atom stereocenters. The van der Waals surface area contributed by atoms with E-state index < -0.39 is 24.9 Å². The second-order valence-corrected chi connectivity index (χ2v) is 5.80. The van der Waals surface area contributed by atoms with Crippen LogP contribution in [-0.2, 0) is 9.31 Å². The first-order valence-corrected chi connectivity index (χ1v) is 6.40. The quantitative estimate of drug-likeness (QED) is 0.799. The predicted molar refractivity (Wildman–Crippen MR) is 71.3 cm³/mol. The third-order valence-corrected chi connectivity index (χ3v) is 3.91. The molecule has 1 fully saturated rings. The van der Waals surface area contributed by atoms with Gasteiger partial charge in [0.05, 0.1) is 11.2 Å². The molecule has 0 aliphatic carbocycles. The van der Waals surface area contributed by atoms with Gasteiger partial charge in [0.25, 0.3) is 0 Å². The van der Waals surface area contributed by atoms with Crippen molar-refractivity contribution in [3.63, 3.8) is 0 Å². The lowest BCUT2D eigenvalue weighted by molar-refractivity contribution is -0.0532. The summed E-state index contributed by atoms with van der Waals surface area (Å²) in [5.74, 6) is -0.104. The van der Waals surface area contributed by atoms with E-state index in [1.807, 2.05) is 27.7 Å². The Morgan fingerprint density at radius 3 is 2.25 bits per heavy atom. The molecule has 4 nitrogen and oxygen atoms in total. The average Bonchev–Trinajstić information content (AvgIpc) is 2.50. The summed E-state index contributed by atoms with van der Waals surface area (Å²) in [6.45, 7) is 6.47. The van der Waals surface area contributed by atoms with Gasteiger partial charge in [-0.1, -0.05) is 0 Å². The third-order valence-electron chi connectivity index (χ3n) is 3.91. The van der Waals surface area contributed by atoms with Crippen LogP contribution in [-0.4, -0.2) is 29.9 Å². The van der Waals surface area contributed by atoms with E-state index in [-0.39, 0.29) is 5.88 Å². The number of ether oxygens (including phenoxy) is 1. The van der Waals surface area contributed by atoms with Gasteiger partial charge < -0.3 is 14.0 Å². The Morgan fingerprint density at radius 1 is 1.20 bits per heavy atom. The zero-order valence-corrected chi connectivity index (χ0v) is 12.2. The minimum atomic E-state index is -2.91. The van der Waals surface area contributed by atoms with Gasteiger partial charge in [0.1, 0.15) is 0 Å². The van der Waals surface area contributed by atoms with Crippen LogP contribution in [0.3, 0.4) is 0 Å². The summed E-state index contributed by atoms with van der Waals surface area (Å²) in [5.41, 5.74) is 0.161. The maximum atomic E-state index is 12.3. The fourth-order valence-corrected chi connectivity index (χ4v) is 1.96. The molecule has 0 spiro atoms. The van der Waals surface area contributed by atoms with Crippen LogP contribution in [0.15, 0.2) is 12.3 Å². The number of halogens is 2. The number of aromatic nitrogens is 1. The molecule has 0 bridgehead atoms. The lowest BCUT2D eigenvalue weighted by Crippen LogP contribution is -2.41. The summed E-state index contributed by atoms with van der Waals surface area (Å²) in [6, 6.07) is 1.69. The molecule has 0 amide bonds. The van der Waals surface area contributed by atoms with Crippen molar-refractivity contribution >= 4 is 12.6 Å². The summed E-state index contributed by atoms with van der Waals surface area (Å²) in [5, 5.41) is 0. The first kappa shape index (κ1) is 15.2. The maximum absolute atomic E-state index is 12.3. The van der Waals surface area contributed by atoms with E-state index in [4.69, 9.17) is 9.31 Å². The summed E-state index contributed by atoms with van der Waals surface area (Å²) in [7, 11) is -0.622. The van der Waals surface area contributed by atoms with Crippen molar-refractivity contribution in [1.29, 1.82) is 0 Å². The topological polar surface area (TPSA) is 40.6 Å². The van der Waals surface area contributed by atoms with Crippen LogP contribution >= 0.6 is 0 Å². The van der Waals surface area contributed by atoms with Crippen molar-refractivity contribution in [1.82, 2.24) is 4.98 Å². The average molecular weight is 285 g/mol. The molecule has 7 heteroatoms. The van der Waals surface area contributed by atoms with Crippen LogP contribution in [0.25, 0.3) is 0 Å². The fourth-order valence-electron chi connectivity index (χ4n) is 1.96. The summed E-state index contributed by atoms with van der Waals surface area (Å²) < 4.78 is 40.9. The van der Waals surface area contributed by atoms with Gasteiger partial charge in [-0.15, -0.1) is 0 Å². The maximum Gasteiger partial charge on any atom is 0.495 e. The Hall–Kier alpha value is -1.21. The standard InChI is InChI=1S/C13H18BF2NO3/c1-8-9(6-7-17-10(8)18-11(15)16)14-19-12(2,3)13(4,5)20-14/h6-7,11H,1-5H3. The van der Waals surface area contributed by atoms with Crippen molar-refractivity contribution in [3.05, 3.63) is 17.8 Å². The second-order valence-electron chi connectivity index (χ2n) is 5.80. The molecule has 0 N–H and O–H groups in total. The number of hydrogen-bond acceptors (Lipinski definition) is 4. The third kappa shape index (κ3) is 2.65. The van der Waals surface area contributed by atoms with Gasteiger partial charge in [-0.2, -0.15) is 8.78 Å². The number of pyridine rings is 1. The molecule has 0 aromatic carbocycles. The Bertz CT molecular complexity index is 492. The van der Waals surface area contributed by atoms with Gasteiger partial charge in [0.15, 0.2) is 0 Å². The monoisotopic (exact) mass is 285 g/mol. The first-order valence-electron chi connectivity index (χ1n) is 6.40. The molecular weight excluding hydrogens is 267 g/mol. The van der Waals surface area contributed by atoms with Crippen LogP contribution in [0, 0.1) is 6.92 Å². The fraction of sp³-hybridized carbons (Fsp3) is 0.615. The van der Waals surface area contributed by atoms with Gasteiger partial charge in [-0.3, -0.25) is 0 Å². The molecule has 1 aromatic rings. The van der Waals surface area contributed by atoms with Crippen LogP contribution in [0.5, 0.6) is 5.88 Å². The SMILES string of the molecule is Cc1c(B2OC(C)(C)C(C)(C)O2)ccnc1OC(F)F. The second kappa shape index (κ2) is 4.97. The molecule has 2 rings (SSSR count). The van der Waals surface area contributed by atoms with E-state index in [0.29, 0.717) is 11.0 Å². The van der Waals surface area contributed by atoms with Crippen molar-refractivity contribution in [2.24, 2.45) is 0 Å². The van der Waals surface area contributed by atoms with Gasteiger partial charge in [-0.25, -0.2) is 4.98 Å². The van der Waals surface area contributed by atoms with E-state index in [0.717, 1.165) is 0 Å². The molecule has 20 heavy (non-hydrogen) atoms. The highest BCUT2D eigenvalue weighted by molar-refractivity contribution is 6.62. The van der Waals surface area contributed by atoms with Gasteiger partial charge in [0, 0.05) is 11.8 Å². The predicted octanol–water partition coefficient (Wildman–Crippen LogP) is 2.29. The van der Waals surface area contributed by atoms with Gasteiger partial charge in [0.2, 0.25) is 5.88 Å². The van der Waals surface area contributed by atoms with Gasteiger partial charge >= 0.3 is 13.7 Å². The van der Waals surface area contributed by atoms with Crippen LogP contribution in [0.4, 0.5) is 8.78 Å². The number of hydrogen-bond donors (Lipinski definition) is 0. The van der Waals surface area contributed by atoms with E-state index in [1.54, 1.807) is 13.0 Å². The normalized spacial score (nSPS) is 20.5. The van der Waals surface area contributed by atoms with E-state index in [1.165, 1.54) is 6.20 Å². The van der Waals surface area contributed by atoms with E-state index in [2.05, 4.69) is 9.72 Å². The van der Waals surface area contributed by atoms with Gasteiger partial charge in [-0.05, 0) is 46.1 Å². The number of nitrogens with zero attached hydrogens (tertiary/aromatic N) is 1. The smallest absolute Gasteiger partial charge is 0.417 e. The number of rotatable bonds is 3. The van der Waals surface area contributed by atoms with Crippen molar-refractivity contribution in [2.45, 2.75) is 52.4 Å². The zero-order chi connectivity index (χ0) is 15.1. The highest BCUT2D eigenvalue weighted by Gasteiger charge is 2.52. The minimum absolute atomic E-state index is 0.104. The largest absolute Gasteiger partial charge is 0.495 e. The first-order chi connectivity index (χ1) is 9.14. The lowest BCUT2D eigenvalue weighted by atomic mass is 9.77. The molecule has 0 radical (unpaired) electrons. The molecule has 2 heterocycles. The molecule has 1 aliphatic heterocycles. The summed E-state index contributed by atoms with van der Waals surface area (Å²) in [6.07, 6.45) is 1.41. The molecule has 0 unspecified atom stereocenters.